The summed E-state index contributed by atoms with van der Waals surface area (Å²) in [6.07, 6.45) is 2.23. The van der Waals surface area contributed by atoms with Gasteiger partial charge in [-0.25, -0.2) is 0 Å². The van der Waals surface area contributed by atoms with E-state index in [-0.39, 0.29) is 0 Å². The van der Waals surface area contributed by atoms with E-state index in [1.165, 1.54) is 31.3 Å². The lowest BCUT2D eigenvalue weighted by molar-refractivity contribution is 1.15. The van der Waals surface area contributed by atoms with E-state index < -0.39 is 0 Å². The van der Waals surface area contributed by atoms with Crippen molar-refractivity contribution in [1.82, 2.24) is 0 Å². The normalized spacial score (nSPS) is 11.4. The summed E-state index contributed by atoms with van der Waals surface area (Å²) < 4.78 is 2.90. The van der Waals surface area contributed by atoms with E-state index in [9.17, 15) is 0 Å². The van der Waals surface area contributed by atoms with Crippen LogP contribution < -0.4 is 0 Å². The Balaban J connectivity index is 2.40. The zero-order chi connectivity index (χ0) is 11.8. The quantitative estimate of drug-likeness (QED) is 0.579. The maximum absolute atomic E-state index is 2.35. The molecule has 0 atom stereocenters. The third-order valence-electron chi connectivity index (χ3n) is 3.43. The standard InChI is InChI=1S/C16H16S/c1-3-11-8-9-13-14-7-5-6-12(4-2)16(14)17-15(13)10-11/h5-10H,3-4H2,1-2H3. The molecule has 0 spiro atoms. The molecule has 0 aliphatic carbocycles. The predicted octanol–water partition coefficient (Wildman–Crippen LogP) is 5.18. The molecule has 86 valence electrons. The molecule has 17 heavy (non-hydrogen) atoms. The van der Waals surface area contributed by atoms with Crippen molar-refractivity contribution >= 4 is 31.5 Å². The summed E-state index contributed by atoms with van der Waals surface area (Å²) in [7, 11) is 0. The summed E-state index contributed by atoms with van der Waals surface area (Å²) in [6.45, 7) is 4.45. The molecule has 0 aliphatic rings. The zero-order valence-corrected chi connectivity index (χ0v) is 11.1. The smallest absolute Gasteiger partial charge is 0.0387 e. The molecule has 0 bridgehead atoms. The Hall–Kier alpha value is -1.34. The number of benzene rings is 2. The van der Waals surface area contributed by atoms with Gasteiger partial charge in [-0.1, -0.05) is 44.2 Å². The molecule has 2 aromatic carbocycles. The van der Waals surface area contributed by atoms with E-state index in [0.29, 0.717) is 0 Å². The Labute approximate surface area is 106 Å². The Morgan fingerprint density at radius 3 is 2.59 bits per heavy atom. The third kappa shape index (κ3) is 1.66. The van der Waals surface area contributed by atoms with Crippen molar-refractivity contribution in [2.75, 3.05) is 0 Å². The van der Waals surface area contributed by atoms with Crippen molar-refractivity contribution in [1.29, 1.82) is 0 Å². The summed E-state index contributed by atoms with van der Waals surface area (Å²) in [5.41, 5.74) is 2.91. The lowest BCUT2D eigenvalue weighted by Gasteiger charge is -1.98. The maximum atomic E-state index is 2.35. The number of fused-ring (bicyclic) bond motifs is 3. The maximum Gasteiger partial charge on any atom is 0.0387 e. The molecule has 3 aromatic rings. The number of thiophene rings is 1. The number of rotatable bonds is 2. The van der Waals surface area contributed by atoms with Crippen LogP contribution in [0.4, 0.5) is 0 Å². The highest BCUT2D eigenvalue weighted by molar-refractivity contribution is 7.26. The zero-order valence-electron chi connectivity index (χ0n) is 10.3. The van der Waals surface area contributed by atoms with Crippen LogP contribution >= 0.6 is 11.3 Å². The highest BCUT2D eigenvalue weighted by Crippen LogP contribution is 2.36. The molecular weight excluding hydrogens is 224 g/mol. The Morgan fingerprint density at radius 2 is 1.82 bits per heavy atom. The van der Waals surface area contributed by atoms with Crippen LogP contribution in [0.1, 0.15) is 25.0 Å². The SMILES string of the molecule is CCc1ccc2c(c1)sc1c(CC)cccc12. The third-order valence-corrected chi connectivity index (χ3v) is 4.68. The Bertz CT molecular complexity index is 676. The van der Waals surface area contributed by atoms with Crippen molar-refractivity contribution in [3.8, 4) is 0 Å². The minimum Gasteiger partial charge on any atom is -0.135 e. The number of aryl methyl sites for hydroxylation is 2. The molecule has 0 nitrogen and oxygen atoms in total. The van der Waals surface area contributed by atoms with Crippen LogP contribution in [0.3, 0.4) is 0 Å². The second-order valence-electron chi connectivity index (χ2n) is 4.43. The molecule has 0 unspecified atom stereocenters. The molecular formula is C16H16S. The number of hydrogen-bond acceptors (Lipinski definition) is 1. The van der Waals surface area contributed by atoms with Gasteiger partial charge in [0.05, 0.1) is 0 Å². The van der Waals surface area contributed by atoms with Crippen LogP contribution in [-0.2, 0) is 12.8 Å². The predicted molar refractivity (Wildman–Crippen MR) is 78.1 cm³/mol. The summed E-state index contributed by atoms with van der Waals surface area (Å²) in [4.78, 5) is 0. The lowest BCUT2D eigenvalue weighted by Crippen LogP contribution is -1.78. The van der Waals surface area contributed by atoms with Gasteiger partial charge in [0.1, 0.15) is 0 Å². The van der Waals surface area contributed by atoms with Gasteiger partial charge in [0, 0.05) is 20.2 Å². The molecule has 0 fully saturated rings. The highest BCUT2D eigenvalue weighted by atomic mass is 32.1. The van der Waals surface area contributed by atoms with Gasteiger partial charge < -0.3 is 0 Å². The Kier molecular flexibility index (Phi) is 2.64. The van der Waals surface area contributed by atoms with Gasteiger partial charge in [-0.05, 0) is 30.0 Å². The molecule has 0 saturated carbocycles. The van der Waals surface area contributed by atoms with Crippen LogP contribution in [-0.4, -0.2) is 0 Å². The van der Waals surface area contributed by atoms with Crippen LogP contribution in [0.15, 0.2) is 36.4 Å². The fraction of sp³-hybridized carbons (Fsp3) is 0.250. The number of hydrogen-bond donors (Lipinski definition) is 0. The lowest BCUT2D eigenvalue weighted by atomic mass is 10.1. The molecule has 0 N–H and O–H groups in total. The molecule has 0 radical (unpaired) electrons. The van der Waals surface area contributed by atoms with Crippen LogP contribution in [0.25, 0.3) is 20.2 Å². The van der Waals surface area contributed by atoms with Gasteiger partial charge in [-0.2, -0.15) is 0 Å². The monoisotopic (exact) mass is 240 g/mol. The Morgan fingerprint density at radius 1 is 0.941 bits per heavy atom. The van der Waals surface area contributed by atoms with Crippen molar-refractivity contribution in [3.05, 3.63) is 47.5 Å². The molecule has 0 amide bonds. The van der Waals surface area contributed by atoms with Gasteiger partial charge in [0.25, 0.3) is 0 Å². The first-order valence-corrected chi connectivity index (χ1v) is 7.08. The molecule has 0 aliphatic heterocycles. The molecule has 3 rings (SSSR count). The molecule has 1 aromatic heterocycles. The van der Waals surface area contributed by atoms with Crippen molar-refractivity contribution in [3.63, 3.8) is 0 Å². The summed E-state index contributed by atoms with van der Waals surface area (Å²) in [5, 5.41) is 2.84. The van der Waals surface area contributed by atoms with E-state index in [1.807, 2.05) is 11.3 Å². The van der Waals surface area contributed by atoms with Crippen molar-refractivity contribution < 1.29 is 0 Å². The van der Waals surface area contributed by atoms with E-state index in [2.05, 4.69) is 50.2 Å². The van der Waals surface area contributed by atoms with E-state index in [4.69, 9.17) is 0 Å². The average molecular weight is 240 g/mol. The second kappa shape index (κ2) is 4.15. The van der Waals surface area contributed by atoms with Gasteiger partial charge in [0.2, 0.25) is 0 Å². The van der Waals surface area contributed by atoms with Gasteiger partial charge >= 0.3 is 0 Å². The van der Waals surface area contributed by atoms with Crippen LogP contribution in [0, 0.1) is 0 Å². The van der Waals surface area contributed by atoms with E-state index >= 15 is 0 Å². The minimum atomic E-state index is 1.12. The molecule has 0 saturated heterocycles. The molecule has 1 heteroatoms. The average Bonchev–Trinajstić information content (AvgIpc) is 2.75. The van der Waals surface area contributed by atoms with E-state index in [0.717, 1.165) is 12.8 Å². The second-order valence-corrected chi connectivity index (χ2v) is 5.49. The fourth-order valence-corrected chi connectivity index (χ4v) is 3.75. The fourth-order valence-electron chi connectivity index (χ4n) is 2.40. The summed E-state index contributed by atoms with van der Waals surface area (Å²) >= 11 is 1.94. The molecule has 1 heterocycles. The van der Waals surface area contributed by atoms with E-state index in [1.54, 1.807) is 0 Å². The van der Waals surface area contributed by atoms with Gasteiger partial charge in [-0.3, -0.25) is 0 Å². The highest BCUT2D eigenvalue weighted by Gasteiger charge is 2.07. The first kappa shape index (κ1) is 10.8. The first-order chi connectivity index (χ1) is 8.33. The first-order valence-electron chi connectivity index (χ1n) is 6.26. The van der Waals surface area contributed by atoms with Crippen LogP contribution in [0.2, 0.25) is 0 Å². The largest absolute Gasteiger partial charge is 0.135 e. The van der Waals surface area contributed by atoms with Crippen LogP contribution in [0.5, 0.6) is 0 Å². The van der Waals surface area contributed by atoms with Gasteiger partial charge in [-0.15, -0.1) is 11.3 Å². The summed E-state index contributed by atoms with van der Waals surface area (Å²) in [6, 6.07) is 13.6. The van der Waals surface area contributed by atoms with Crippen molar-refractivity contribution in [2.24, 2.45) is 0 Å². The van der Waals surface area contributed by atoms with Crippen molar-refractivity contribution in [2.45, 2.75) is 26.7 Å². The minimum absolute atomic E-state index is 1.12. The summed E-state index contributed by atoms with van der Waals surface area (Å²) in [5.74, 6) is 0. The van der Waals surface area contributed by atoms with Gasteiger partial charge in [0.15, 0.2) is 0 Å². The topological polar surface area (TPSA) is 0 Å².